The van der Waals surface area contributed by atoms with Gasteiger partial charge in [0.25, 0.3) is 0 Å². The smallest absolute Gasteiger partial charge is 0.161 e. The van der Waals surface area contributed by atoms with Crippen LogP contribution in [0.2, 0.25) is 0 Å². The van der Waals surface area contributed by atoms with Gasteiger partial charge in [-0.05, 0) is 42.1 Å². The second kappa shape index (κ2) is 17.5. The molecule has 0 aromatic rings. The Labute approximate surface area is 159 Å². The summed E-state index contributed by atoms with van der Waals surface area (Å²) in [7, 11) is -1.96. The molecular weight excluding hydrogens is 327 g/mol. The van der Waals surface area contributed by atoms with Crippen LogP contribution in [0.3, 0.4) is 0 Å². The number of hydrogen-bond donors (Lipinski definition) is 1. The van der Waals surface area contributed by atoms with Gasteiger partial charge in [-0.1, -0.05) is 97.8 Å². The van der Waals surface area contributed by atoms with E-state index in [0.717, 1.165) is 6.42 Å². The molecule has 2 nitrogen and oxygen atoms in total. The molecule has 0 radical (unpaired) electrons. The van der Waals surface area contributed by atoms with Crippen molar-refractivity contribution in [2.45, 2.75) is 130 Å². The third kappa shape index (κ3) is 14.9. The Morgan fingerprint density at radius 2 is 0.960 bits per heavy atom. The quantitative estimate of drug-likeness (QED) is 0.182. The van der Waals surface area contributed by atoms with Gasteiger partial charge in [-0.25, -0.2) is 0 Å². The van der Waals surface area contributed by atoms with Crippen LogP contribution in [0.5, 0.6) is 0 Å². The molecule has 0 bridgehead atoms. The highest BCUT2D eigenvalue weighted by atomic mass is 31.1. The van der Waals surface area contributed by atoms with E-state index < -0.39 is 8.03 Å². The zero-order valence-corrected chi connectivity index (χ0v) is 18.4. The molecule has 150 valence electrons. The van der Waals surface area contributed by atoms with Crippen LogP contribution in [-0.2, 0) is 4.57 Å². The number of rotatable bonds is 19. The molecule has 0 rings (SSSR count). The molecule has 0 aromatic carbocycles. The summed E-state index contributed by atoms with van der Waals surface area (Å²) in [4.78, 5) is 9.20. The van der Waals surface area contributed by atoms with E-state index in [0.29, 0.717) is 11.6 Å². The van der Waals surface area contributed by atoms with Crippen molar-refractivity contribution in [1.82, 2.24) is 0 Å². The van der Waals surface area contributed by atoms with Crippen LogP contribution in [0.25, 0.3) is 0 Å². The molecule has 25 heavy (non-hydrogen) atoms. The van der Waals surface area contributed by atoms with Gasteiger partial charge in [-0.3, -0.25) is 0 Å². The van der Waals surface area contributed by atoms with E-state index >= 15 is 0 Å². The van der Waals surface area contributed by atoms with Crippen LogP contribution < -0.4 is 0 Å². The fraction of sp³-hybridized carbons (Fsp3) is 1.00. The van der Waals surface area contributed by atoms with E-state index in [4.69, 9.17) is 0 Å². The average Bonchev–Trinajstić information content (AvgIpc) is 2.59. The van der Waals surface area contributed by atoms with Crippen molar-refractivity contribution in [3.05, 3.63) is 0 Å². The first kappa shape index (κ1) is 25.1. The van der Waals surface area contributed by atoms with Crippen LogP contribution in [0, 0.1) is 5.41 Å². The average molecular weight is 374 g/mol. The first-order chi connectivity index (χ1) is 12.1. The maximum atomic E-state index is 11.1. The Kier molecular flexibility index (Phi) is 17.5. The fourth-order valence-corrected chi connectivity index (χ4v) is 4.55. The molecule has 0 aromatic heterocycles. The van der Waals surface area contributed by atoms with Gasteiger partial charge in [-0.15, -0.1) is 0 Å². The Balaban J connectivity index is 4.70. The second-order valence-corrected chi connectivity index (χ2v) is 9.26. The summed E-state index contributed by atoms with van der Waals surface area (Å²) < 4.78 is 11.1. The van der Waals surface area contributed by atoms with Gasteiger partial charge in [0.1, 0.15) is 0 Å². The van der Waals surface area contributed by atoms with Crippen molar-refractivity contribution < 1.29 is 9.46 Å². The van der Waals surface area contributed by atoms with Gasteiger partial charge in [-0.2, -0.15) is 4.89 Å². The lowest BCUT2D eigenvalue weighted by Gasteiger charge is -2.34. The molecule has 3 heteroatoms. The summed E-state index contributed by atoms with van der Waals surface area (Å²) >= 11 is 0. The normalized spacial score (nSPS) is 12.6. The topological polar surface area (TPSA) is 37.3 Å². The molecular formula is C22H46O2P+. The van der Waals surface area contributed by atoms with Gasteiger partial charge in [0, 0.05) is 0 Å². The van der Waals surface area contributed by atoms with Crippen LogP contribution >= 0.6 is 8.03 Å². The van der Waals surface area contributed by atoms with Gasteiger partial charge < -0.3 is 0 Å². The fourth-order valence-electron chi connectivity index (χ4n) is 4.12. The van der Waals surface area contributed by atoms with Gasteiger partial charge in [0.15, 0.2) is 6.16 Å². The van der Waals surface area contributed by atoms with Crippen LogP contribution in [-0.4, -0.2) is 11.1 Å². The van der Waals surface area contributed by atoms with Crippen molar-refractivity contribution in [2.75, 3.05) is 6.16 Å². The molecule has 0 heterocycles. The molecule has 0 aliphatic carbocycles. The maximum absolute atomic E-state index is 11.1. The van der Waals surface area contributed by atoms with Crippen LogP contribution in [0.15, 0.2) is 0 Å². The standard InChI is InChI=1S/C22H45O2P/c1-4-7-10-13-17-22(18-14-11-8-5-2,19-15-12-9-6-3)20-16-21-25(23)24/h4-21H2,1-3H3/p+1. The summed E-state index contributed by atoms with van der Waals surface area (Å²) in [6.45, 7) is 6.83. The van der Waals surface area contributed by atoms with Crippen molar-refractivity contribution in [1.29, 1.82) is 0 Å². The van der Waals surface area contributed by atoms with Gasteiger partial charge in [0.05, 0.1) is 0 Å². The molecule has 1 unspecified atom stereocenters. The minimum absolute atomic E-state index is 0.445. The summed E-state index contributed by atoms with van der Waals surface area (Å²) in [5.41, 5.74) is 0.445. The monoisotopic (exact) mass is 373 g/mol. The molecule has 0 saturated heterocycles. The minimum atomic E-state index is -1.96. The third-order valence-corrected chi connectivity index (χ3v) is 6.44. The molecule has 0 spiro atoms. The van der Waals surface area contributed by atoms with Crippen LogP contribution in [0.4, 0.5) is 0 Å². The summed E-state index contributed by atoms with van der Waals surface area (Å²) in [6.07, 6.45) is 22.7. The van der Waals surface area contributed by atoms with E-state index in [1.165, 1.54) is 103 Å². The van der Waals surface area contributed by atoms with E-state index in [9.17, 15) is 9.46 Å². The Morgan fingerprint density at radius 3 is 1.28 bits per heavy atom. The molecule has 0 aliphatic rings. The highest BCUT2D eigenvalue weighted by Gasteiger charge is 2.29. The van der Waals surface area contributed by atoms with E-state index in [-0.39, 0.29) is 0 Å². The Bertz CT molecular complexity index is 273. The summed E-state index contributed by atoms with van der Waals surface area (Å²) in [6, 6.07) is 0. The van der Waals surface area contributed by atoms with Crippen molar-refractivity contribution in [2.24, 2.45) is 5.41 Å². The largest absolute Gasteiger partial charge is 0.505 e. The molecule has 1 atom stereocenters. The highest BCUT2D eigenvalue weighted by molar-refractivity contribution is 7.37. The Hall–Kier alpha value is 0.0600. The minimum Gasteiger partial charge on any atom is -0.161 e. The Morgan fingerprint density at radius 1 is 0.600 bits per heavy atom. The lowest BCUT2D eigenvalue weighted by molar-refractivity contribution is 0.176. The molecule has 0 fully saturated rings. The molecule has 1 N–H and O–H groups in total. The summed E-state index contributed by atoms with van der Waals surface area (Å²) in [5, 5.41) is 0. The first-order valence-corrected chi connectivity index (χ1v) is 12.6. The maximum Gasteiger partial charge on any atom is 0.505 e. The SMILES string of the molecule is CCCCCCC(CCCCCC)(CCCCCC)CCC[P+](=O)O. The predicted molar refractivity (Wildman–Crippen MR) is 113 cm³/mol. The van der Waals surface area contributed by atoms with E-state index in [1.54, 1.807) is 0 Å². The van der Waals surface area contributed by atoms with E-state index in [1.807, 2.05) is 0 Å². The second-order valence-electron chi connectivity index (χ2n) is 8.11. The molecule has 0 saturated carbocycles. The molecule has 0 aliphatic heterocycles. The van der Waals surface area contributed by atoms with Crippen molar-refractivity contribution in [3.8, 4) is 0 Å². The highest BCUT2D eigenvalue weighted by Crippen LogP contribution is 2.42. The lowest BCUT2D eigenvalue weighted by Crippen LogP contribution is -2.22. The molecule has 0 amide bonds. The predicted octanol–water partition coefficient (Wildman–Crippen LogP) is 8.40. The van der Waals surface area contributed by atoms with Gasteiger partial charge >= 0.3 is 8.03 Å². The van der Waals surface area contributed by atoms with Crippen molar-refractivity contribution >= 4 is 8.03 Å². The number of hydrogen-bond acceptors (Lipinski definition) is 1. The zero-order valence-electron chi connectivity index (χ0n) is 17.5. The third-order valence-electron chi connectivity index (χ3n) is 5.74. The zero-order chi connectivity index (χ0) is 18.8. The van der Waals surface area contributed by atoms with Gasteiger partial charge in [0.2, 0.25) is 0 Å². The van der Waals surface area contributed by atoms with E-state index in [2.05, 4.69) is 20.8 Å². The summed E-state index contributed by atoms with van der Waals surface area (Å²) in [5.74, 6) is 0. The van der Waals surface area contributed by atoms with Crippen molar-refractivity contribution in [3.63, 3.8) is 0 Å². The lowest BCUT2D eigenvalue weighted by atomic mass is 9.71. The number of unbranched alkanes of at least 4 members (excludes halogenated alkanes) is 9. The van der Waals surface area contributed by atoms with Crippen LogP contribution in [0.1, 0.15) is 130 Å². The first-order valence-electron chi connectivity index (χ1n) is 11.2.